The number of para-hydroxylation sites is 1. The Hall–Kier alpha value is -2.42. The average Bonchev–Trinajstić information content (AvgIpc) is 2.46. The molecule has 2 rings (SSSR count). The predicted molar refractivity (Wildman–Crippen MR) is 89.2 cm³/mol. The van der Waals surface area contributed by atoms with E-state index in [2.05, 4.69) is 26.1 Å². The molecule has 114 valence electrons. The molecule has 0 spiro atoms. The smallest absolute Gasteiger partial charge is 0.248 e. The molecule has 2 nitrogen and oxygen atoms in total. The predicted octanol–water partition coefficient (Wildman–Crippen LogP) is 4.78. The molecule has 0 unspecified atom stereocenters. The van der Waals surface area contributed by atoms with E-state index in [1.165, 1.54) is 18.2 Å². The molecule has 1 amide bonds. The largest absolute Gasteiger partial charge is 0.322 e. The van der Waals surface area contributed by atoms with Crippen LogP contribution in [0, 0.1) is 5.82 Å². The van der Waals surface area contributed by atoms with Crippen molar-refractivity contribution in [3.63, 3.8) is 0 Å². The Kier molecular flexibility index (Phi) is 4.76. The summed E-state index contributed by atoms with van der Waals surface area (Å²) in [7, 11) is 0. The van der Waals surface area contributed by atoms with Gasteiger partial charge in [-0.2, -0.15) is 0 Å². The van der Waals surface area contributed by atoms with Crippen LogP contribution >= 0.6 is 0 Å². The van der Waals surface area contributed by atoms with Crippen molar-refractivity contribution in [3.05, 3.63) is 71.6 Å². The Labute approximate surface area is 130 Å². The Morgan fingerprint density at radius 2 is 1.68 bits per heavy atom. The monoisotopic (exact) mass is 297 g/mol. The van der Waals surface area contributed by atoms with E-state index < -0.39 is 0 Å². The minimum absolute atomic E-state index is 0.0510. The van der Waals surface area contributed by atoms with Crippen molar-refractivity contribution in [1.29, 1.82) is 0 Å². The maximum Gasteiger partial charge on any atom is 0.248 e. The van der Waals surface area contributed by atoms with Gasteiger partial charge >= 0.3 is 0 Å². The van der Waals surface area contributed by atoms with Gasteiger partial charge in [-0.25, -0.2) is 4.39 Å². The van der Waals surface area contributed by atoms with E-state index in [0.717, 1.165) is 16.8 Å². The first-order valence-corrected chi connectivity index (χ1v) is 7.20. The molecule has 0 aromatic heterocycles. The third kappa shape index (κ3) is 4.29. The van der Waals surface area contributed by atoms with Gasteiger partial charge in [-0.05, 0) is 40.8 Å². The number of nitrogens with one attached hydrogen (secondary N) is 1. The lowest BCUT2D eigenvalue weighted by Gasteiger charge is -2.22. The molecule has 3 heteroatoms. The number of carbonyl (C=O) groups is 1. The van der Waals surface area contributed by atoms with Gasteiger partial charge in [0.25, 0.3) is 0 Å². The highest BCUT2D eigenvalue weighted by molar-refractivity contribution is 6.02. The number of hydrogen-bond acceptors (Lipinski definition) is 1. The van der Waals surface area contributed by atoms with Gasteiger partial charge in [0.2, 0.25) is 5.91 Å². The number of amides is 1. The van der Waals surface area contributed by atoms with Gasteiger partial charge in [0, 0.05) is 11.8 Å². The molecule has 2 aromatic carbocycles. The normalized spacial score (nSPS) is 11.6. The molecule has 2 aromatic rings. The minimum Gasteiger partial charge on any atom is -0.322 e. The lowest BCUT2D eigenvalue weighted by Crippen LogP contribution is -2.17. The van der Waals surface area contributed by atoms with Crippen LogP contribution in [-0.2, 0) is 10.2 Å². The second-order valence-corrected chi connectivity index (χ2v) is 6.17. The zero-order chi connectivity index (χ0) is 16.2. The van der Waals surface area contributed by atoms with Crippen LogP contribution in [0.3, 0.4) is 0 Å². The van der Waals surface area contributed by atoms with E-state index in [4.69, 9.17) is 0 Å². The third-order valence-electron chi connectivity index (χ3n) is 3.29. The maximum atomic E-state index is 12.8. The molecule has 0 saturated heterocycles. The molecular weight excluding hydrogens is 277 g/mol. The van der Waals surface area contributed by atoms with Gasteiger partial charge in [0.05, 0.1) is 0 Å². The van der Waals surface area contributed by atoms with Crippen molar-refractivity contribution in [2.24, 2.45) is 0 Å². The molecule has 0 bridgehead atoms. The highest BCUT2D eigenvalue weighted by Crippen LogP contribution is 2.29. The van der Waals surface area contributed by atoms with Crippen LogP contribution in [0.4, 0.5) is 10.1 Å². The molecule has 1 N–H and O–H groups in total. The molecule has 0 aliphatic rings. The fourth-order valence-electron chi connectivity index (χ4n) is 2.17. The molecule has 0 aliphatic heterocycles. The lowest BCUT2D eigenvalue weighted by atomic mass is 9.86. The lowest BCUT2D eigenvalue weighted by molar-refractivity contribution is -0.111. The Morgan fingerprint density at radius 1 is 1.05 bits per heavy atom. The van der Waals surface area contributed by atoms with E-state index in [-0.39, 0.29) is 17.1 Å². The molecule has 0 heterocycles. The van der Waals surface area contributed by atoms with E-state index >= 15 is 0 Å². The maximum absolute atomic E-state index is 12.8. The van der Waals surface area contributed by atoms with Crippen molar-refractivity contribution >= 4 is 17.7 Å². The average molecular weight is 297 g/mol. The zero-order valence-electron chi connectivity index (χ0n) is 13.1. The minimum atomic E-state index is -0.291. The summed E-state index contributed by atoms with van der Waals surface area (Å²) in [4.78, 5) is 12.1. The number of rotatable bonds is 3. The van der Waals surface area contributed by atoms with Crippen LogP contribution in [-0.4, -0.2) is 5.91 Å². The fraction of sp³-hybridized carbons (Fsp3) is 0.211. The van der Waals surface area contributed by atoms with Crippen molar-refractivity contribution in [3.8, 4) is 0 Å². The first-order chi connectivity index (χ1) is 10.4. The number of hydrogen-bond donors (Lipinski definition) is 1. The van der Waals surface area contributed by atoms with Crippen LogP contribution < -0.4 is 5.32 Å². The van der Waals surface area contributed by atoms with Crippen LogP contribution in [0.1, 0.15) is 31.9 Å². The topological polar surface area (TPSA) is 29.1 Å². The molecular formula is C19H20FNO. The zero-order valence-corrected chi connectivity index (χ0v) is 13.1. The van der Waals surface area contributed by atoms with Crippen molar-refractivity contribution in [1.82, 2.24) is 0 Å². The first kappa shape index (κ1) is 16.0. The highest BCUT2D eigenvalue weighted by Gasteiger charge is 2.17. The van der Waals surface area contributed by atoms with Crippen molar-refractivity contribution in [2.75, 3.05) is 5.32 Å². The summed E-state index contributed by atoms with van der Waals surface area (Å²) in [6.45, 7) is 6.31. The van der Waals surface area contributed by atoms with Crippen LogP contribution in [0.2, 0.25) is 0 Å². The number of halogens is 1. The fourth-order valence-corrected chi connectivity index (χ4v) is 2.17. The van der Waals surface area contributed by atoms with Crippen molar-refractivity contribution < 1.29 is 9.18 Å². The quantitative estimate of drug-likeness (QED) is 0.812. The van der Waals surface area contributed by atoms with Gasteiger partial charge < -0.3 is 5.32 Å². The van der Waals surface area contributed by atoms with Gasteiger partial charge in [-0.15, -0.1) is 0 Å². The summed E-state index contributed by atoms with van der Waals surface area (Å²) in [5.74, 6) is -0.498. The molecule has 22 heavy (non-hydrogen) atoms. The van der Waals surface area contributed by atoms with E-state index in [1.807, 2.05) is 24.3 Å². The van der Waals surface area contributed by atoms with Crippen LogP contribution in [0.5, 0.6) is 0 Å². The second-order valence-electron chi connectivity index (χ2n) is 6.17. The summed E-state index contributed by atoms with van der Waals surface area (Å²) in [5, 5.41) is 2.90. The van der Waals surface area contributed by atoms with Gasteiger partial charge in [-0.3, -0.25) is 4.79 Å². The highest BCUT2D eigenvalue weighted by atomic mass is 19.1. The third-order valence-corrected chi connectivity index (χ3v) is 3.29. The summed E-state index contributed by atoms with van der Waals surface area (Å²) < 4.78 is 12.8. The number of carbonyl (C=O) groups excluding carboxylic acids is 1. The molecule has 0 fully saturated rings. The van der Waals surface area contributed by atoms with Crippen molar-refractivity contribution in [2.45, 2.75) is 26.2 Å². The van der Waals surface area contributed by atoms with Gasteiger partial charge in [-0.1, -0.05) is 51.1 Å². The van der Waals surface area contributed by atoms with E-state index in [9.17, 15) is 9.18 Å². The summed E-state index contributed by atoms with van der Waals surface area (Å²) >= 11 is 0. The first-order valence-electron chi connectivity index (χ1n) is 7.20. The van der Waals surface area contributed by atoms with E-state index in [1.54, 1.807) is 18.2 Å². The molecule has 0 saturated carbocycles. The molecule has 0 atom stereocenters. The van der Waals surface area contributed by atoms with Gasteiger partial charge in [0.1, 0.15) is 5.82 Å². The number of anilines is 1. The number of benzene rings is 2. The Balaban J connectivity index is 2.11. The van der Waals surface area contributed by atoms with E-state index in [0.29, 0.717) is 0 Å². The molecule has 0 radical (unpaired) electrons. The summed E-state index contributed by atoms with van der Waals surface area (Å²) in [5.41, 5.74) is 2.62. The van der Waals surface area contributed by atoms with Crippen LogP contribution in [0.15, 0.2) is 54.6 Å². The Morgan fingerprint density at radius 3 is 2.32 bits per heavy atom. The standard InChI is InChI=1S/C19H20FNO/c1-19(2,3)16-6-4-5-7-17(16)21-18(22)13-10-14-8-11-15(20)12-9-14/h4-13H,1-3H3,(H,21,22). The second kappa shape index (κ2) is 6.56. The summed E-state index contributed by atoms with van der Waals surface area (Å²) in [6.07, 6.45) is 3.11. The van der Waals surface area contributed by atoms with Crippen LogP contribution in [0.25, 0.3) is 6.08 Å². The Bertz CT molecular complexity index is 681. The molecule has 0 aliphatic carbocycles. The SMILES string of the molecule is CC(C)(C)c1ccccc1NC(=O)C=Cc1ccc(F)cc1. The summed E-state index contributed by atoms with van der Waals surface area (Å²) in [6, 6.07) is 13.8. The van der Waals surface area contributed by atoms with Gasteiger partial charge in [0.15, 0.2) is 0 Å².